The van der Waals surface area contributed by atoms with Gasteiger partial charge >= 0.3 is 5.97 Å². The van der Waals surface area contributed by atoms with Gasteiger partial charge in [-0.15, -0.1) is 0 Å². The fourth-order valence-corrected chi connectivity index (χ4v) is 4.02. The fraction of sp³-hybridized carbons (Fsp3) is 0.583. The van der Waals surface area contributed by atoms with Crippen LogP contribution >= 0.6 is 0 Å². The van der Waals surface area contributed by atoms with E-state index in [1.807, 2.05) is 36.1 Å². The van der Waals surface area contributed by atoms with Crippen LogP contribution in [0.2, 0.25) is 0 Å². The molecule has 0 saturated carbocycles. The van der Waals surface area contributed by atoms with E-state index in [9.17, 15) is 14.7 Å². The van der Waals surface area contributed by atoms with Gasteiger partial charge in [-0.2, -0.15) is 0 Å². The molecule has 2 aliphatic heterocycles. The third-order valence-corrected chi connectivity index (χ3v) is 5.65. The van der Waals surface area contributed by atoms with E-state index in [0.717, 1.165) is 43.4 Å². The molecule has 2 aliphatic rings. The maximum Gasteiger partial charge on any atom is 0.305 e. The quantitative estimate of drug-likeness (QED) is 0.310. The summed E-state index contributed by atoms with van der Waals surface area (Å²) in [5, 5.41) is 10.4. The monoisotopic (exact) mass is 431 g/mol. The lowest BCUT2D eigenvalue weighted by Crippen LogP contribution is -2.32. The number of hydrogen-bond acceptors (Lipinski definition) is 6. The second-order valence-corrected chi connectivity index (χ2v) is 8.01. The average molecular weight is 432 g/mol. The first-order chi connectivity index (χ1) is 15.1. The molecule has 0 aromatic heterocycles. The Morgan fingerprint density at radius 2 is 2.06 bits per heavy atom. The Balaban J connectivity index is 1.39. The van der Waals surface area contributed by atoms with E-state index in [0.29, 0.717) is 38.2 Å². The summed E-state index contributed by atoms with van der Waals surface area (Å²) < 4.78 is 15.6. The molecule has 0 spiro atoms. The number of esters is 1. The van der Waals surface area contributed by atoms with Crippen molar-refractivity contribution in [3.05, 3.63) is 35.9 Å². The minimum Gasteiger partial charge on any atom is -0.466 e. The second-order valence-electron chi connectivity index (χ2n) is 8.01. The first-order valence-electron chi connectivity index (χ1n) is 11.3. The van der Waals surface area contributed by atoms with Gasteiger partial charge in [0, 0.05) is 25.8 Å². The van der Waals surface area contributed by atoms with Gasteiger partial charge in [-0.25, -0.2) is 0 Å². The average Bonchev–Trinajstić information content (AvgIpc) is 3.35. The lowest BCUT2D eigenvalue weighted by atomic mass is 10.1. The van der Waals surface area contributed by atoms with Gasteiger partial charge in [0.2, 0.25) is 12.7 Å². The molecule has 2 unspecified atom stereocenters. The number of hydrogen-bond donors (Lipinski definition) is 1. The Labute approximate surface area is 184 Å². The molecule has 7 heteroatoms. The van der Waals surface area contributed by atoms with Crippen LogP contribution in [-0.4, -0.2) is 54.0 Å². The number of rotatable bonds is 12. The van der Waals surface area contributed by atoms with E-state index in [1.165, 1.54) is 0 Å². The molecule has 1 amide bonds. The number of likely N-dealkylation sites (tertiary alicyclic amines) is 1. The van der Waals surface area contributed by atoms with Crippen molar-refractivity contribution in [1.29, 1.82) is 0 Å². The van der Waals surface area contributed by atoms with Crippen LogP contribution in [0, 0.1) is 0 Å². The van der Waals surface area contributed by atoms with Crippen LogP contribution < -0.4 is 9.47 Å². The van der Waals surface area contributed by atoms with Gasteiger partial charge in [0.05, 0.1) is 18.8 Å². The number of benzene rings is 1. The molecule has 1 aromatic rings. The number of aliphatic hydroxyl groups is 1. The molecule has 7 nitrogen and oxygen atoms in total. The minimum absolute atomic E-state index is 0.0402. The Morgan fingerprint density at radius 1 is 1.26 bits per heavy atom. The van der Waals surface area contributed by atoms with Crippen LogP contribution in [0.3, 0.4) is 0 Å². The molecule has 0 aliphatic carbocycles. The summed E-state index contributed by atoms with van der Waals surface area (Å²) in [6.45, 7) is 3.19. The molecule has 1 fully saturated rings. The highest BCUT2D eigenvalue weighted by Crippen LogP contribution is 2.32. The lowest BCUT2D eigenvalue weighted by Gasteiger charge is -2.22. The van der Waals surface area contributed by atoms with E-state index in [-0.39, 0.29) is 24.7 Å². The number of aliphatic hydroxyl groups excluding tert-OH is 1. The zero-order valence-corrected chi connectivity index (χ0v) is 18.3. The van der Waals surface area contributed by atoms with Crippen molar-refractivity contribution < 1.29 is 28.9 Å². The summed E-state index contributed by atoms with van der Waals surface area (Å²) in [5.41, 5.74) is 0.976. The van der Waals surface area contributed by atoms with Crippen molar-refractivity contribution >= 4 is 11.9 Å². The van der Waals surface area contributed by atoms with E-state index in [4.69, 9.17) is 14.2 Å². The van der Waals surface area contributed by atoms with Gasteiger partial charge in [-0.1, -0.05) is 31.1 Å². The zero-order valence-electron chi connectivity index (χ0n) is 18.3. The van der Waals surface area contributed by atoms with Gasteiger partial charge in [-0.05, 0) is 43.9 Å². The summed E-state index contributed by atoms with van der Waals surface area (Å²) in [5.74, 6) is 1.48. The van der Waals surface area contributed by atoms with E-state index in [1.54, 1.807) is 6.08 Å². The van der Waals surface area contributed by atoms with Crippen LogP contribution in [0.1, 0.15) is 57.4 Å². The van der Waals surface area contributed by atoms with Crippen molar-refractivity contribution in [3.63, 3.8) is 0 Å². The van der Waals surface area contributed by atoms with Crippen molar-refractivity contribution in [2.75, 3.05) is 19.9 Å². The lowest BCUT2D eigenvalue weighted by molar-refractivity contribution is -0.143. The number of nitrogens with zero attached hydrogens (tertiary/aromatic N) is 1. The van der Waals surface area contributed by atoms with Crippen molar-refractivity contribution in [3.8, 4) is 11.5 Å². The van der Waals surface area contributed by atoms with E-state index in [2.05, 4.69) is 0 Å². The van der Waals surface area contributed by atoms with Crippen LogP contribution in [-0.2, 0) is 20.7 Å². The molecule has 31 heavy (non-hydrogen) atoms. The SMILES string of the molecule is CCOC(=O)CCCCCCN1C(=O)CCC1/C=C/C(O)Cc1ccc2c(c1)OCO2. The van der Waals surface area contributed by atoms with Gasteiger partial charge in [-0.3, -0.25) is 9.59 Å². The van der Waals surface area contributed by atoms with E-state index < -0.39 is 6.10 Å². The highest BCUT2D eigenvalue weighted by molar-refractivity contribution is 5.79. The van der Waals surface area contributed by atoms with Crippen molar-refractivity contribution in [2.45, 2.75) is 70.4 Å². The predicted octanol–water partition coefficient (Wildman–Crippen LogP) is 3.38. The Kier molecular flexibility index (Phi) is 8.76. The summed E-state index contributed by atoms with van der Waals surface area (Å²) in [4.78, 5) is 25.5. The van der Waals surface area contributed by atoms with Crippen molar-refractivity contribution in [1.82, 2.24) is 4.90 Å². The second kappa shape index (κ2) is 11.7. The molecule has 1 saturated heterocycles. The standard InChI is InChI=1S/C24H33NO6/c1-2-29-24(28)7-5-3-4-6-14-25-19(10-13-23(25)27)9-11-20(26)15-18-8-12-21-22(16-18)31-17-30-21/h8-9,11-12,16,19-20,26H,2-7,10,13-15,17H2,1H3/b11-9+. The van der Waals surface area contributed by atoms with Crippen LogP contribution in [0.5, 0.6) is 11.5 Å². The van der Waals surface area contributed by atoms with Gasteiger partial charge in [0.1, 0.15) is 0 Å². The normalized spacial score (nSPS) is 18.7. The number of fused-ring (bicyclic) bond motifs is 1. The molecule has 0 radical (unpaired) electrons. The van der Waals surface area contributed by atoms with Crippen LogP contribution in [0.15, 0.2) is 30.4 Å². The molecular weight excluding hydrogens is 398 g/mol. The summed E-state index contributed by atoms with van der Waals surface area (Å²) >= 11 is 0. The molecule has 1 N–H and O–H groups in total. The van der Waals surface area contributed by atoms with Crippen molar-refractivity contribution in [2.24, 2.45) is 0 Å². The molecule has 2 heterocycles. The molecule has 170 valence electrons. The molecule has 3 rings (SSSR count). The highest BCUT2D eigenvalue weighted by Gasteiger charge is 2.28. The summed E-state index contributed by atoms with van der Waals surface area (Å²) in [6, 6.07) is 5.72. The molecule has 0 bridgehead atoms. The Hall–Kier alpha value is -2.54. The first kappa shape index (κ1) is 23.1. The molecule has 1 aromatic carbocycles. The highest BCUT2D eigenvalue weighted by atomic mass is 16.7. The number of ether oxygens (including phenoxy) is 3. The fourth-order valence-electron chi connectivity index (χ4n) is 4.02. The smallest absolute Gasteiger partial charge is 0.305 e. The largest absolute Gasteiger partial charge is 0.466 e. The zero-order chi connectivity index (χ0) is 22.1. The third kappa shape index (κ3) is 6.99. The number of carbonyl (C=O) groups excluding carboxylic acids is 2. The van der Waals surface area contributed by atoms with E-state index >= 15 is 0 Å². The topological polar surface area (TPSA) is 85.3 Å². The first-order valence-corrected chi connectivity index (χ1v) is 11.3. The number of unbranched alkanes of at least 4 members (excludes halogenated alkanes) is 3. The third-order valence-electron chi connectivity index (χ3n) is 5.65. The van der Waals surface area contributed by atoms with Gasteiger partial charge in [0.15, 0.2) is 11.5 Å². The summed E-state index contributed by atoms with van der Waals surface area (Å²) in [7, 11) is 0. The Bertz CT molecular complexity index is 777. The maximum absolute atomic E-state index is 12.3. The Morgan fingerprint density at radius 3 is 2.90 bits per heavy atom. The number of carbonyl (C=O) groups is 2. The minimum atomic E-state index is -0.624. The molecule has 2 atom stereocenters. The predicted molar refractivity (Wildman–Crippen MR) is 116 cm³/mol. The maximum atomic E-state index is 12.3. The van der Waals surface area contributed by atoms with Gasteiger partial charge in [0.25, 0.3) is 0 Å². The van der Waals surface area contributed by atoms with Crippen LogP contribution in [0.25, 0.3) is 0 Å². The van der Waals surface area contributed by atoms with Gasteiger partial charge < -0.3 is 24.2 Å². The molecular formula is C24H33NO6. The van der Waals surface area contributed by atoms with Crippen LogP contribution in [0.4, 0.5) is 0 Å². The number of amides is 1. The summed E-state index contributed by atoms with van der Waals surface area (Å²) in [6.07, 6.45) is 9.08.